The molecule has 5 heteroatoms. The van der Waals surface area contributed by atoms with Gasteiger partial charge >= 0.3 is 5.97 Å². The molecule has 1 aromatic rings. The Morgan fingerprint density at radius 2 is 2.14 bits per heavy atom. The van der Waals surface area contributed by atoms with Gasteiger partial charge in [0.25, 0.3) is 0 Å². The standard InChI is InChI=1S/C16H20N2O3/c1-16(15(20)21)8-4-10-18(16)14(19)12-7-9-17-13-6-3-2-5-11(12)13/h2-3,5-6,12,17H,4,7-10H2,1H3,(H,20,21). The van der Waals surface area contributed by atoms with E-state index in [1.54, 1.807) is 11.8 Å². The number of amides is 1. The van der Waals surface area contributed by atoms with Crippen LogP contribution in [0.15, 0.2) is 24.3 Å². The van der Waals surface area contributed by atoms with Crippen molar-refractivity contribution in [2.75, 3.05) is 18.4 Å². The molecule has 0 aliphatic carbocycles. The number of carboxylic acids is 1. The number of anilines is 1. The minimum absolute atomic E-state index is 0.0497. The van der Waals surface area contributed by atoms with Gasteiger partial charge in [-0.1, -0.05) is 18.2 Å². The van der Waals surface area contributed by atoms with Crippen molar-refractivity contribution in [3.8, 4) is 0 Å². The van der Waals surface area contributed by atoms with E-state index in [2.05, 4.69) is 5.32 Å². The number of nitrogens with zero attached hydrogens (tertiary/aromatic N) is 1. The molecular formula is C16H20N2O3. The van der Waals surface area contributed by atoms with E-state index >= 15 is 0 Å². The zero-order valence-corrected chi connectivity index (χ0v) is 12.1. The summed E-state index contributed by atoms with van der Waals surface area (Å²) in [7, 11) is 0. The fourth-order valence-corrected chi connectivity index (χ4v) is 3.45. The van der Waals surface area contributed by atoms with E-state index in [1.807, 2.05) is 24.3 Å². The first-order valence-corrected chi connectivity index (χ1v) is 7.42. The largest absolute Gasteiger partial charge is 0.480 e. The first-order chi connectivity index (χ1) is 10.0. The number of nitrogens with one attached hydrogen (secondary N) is 1. The van der Waals surface area contributed by atoms with Crippen LogP contribution in [0.2, 0.25) is 0 Å². The molecule has 5 nitrogen and oxygen atoms in total. The monoisotopic (exact) mass is 288 g/mol. The third kappa shape index (κ3) is 2.17. The summed E-state index contributed by atoms with van der Waals surface area (Å²) in [6, 6.07) is 7.79. The Kier molecular flexibility index (Phi) is 3.35. The van der Waals surface area contributed by atoms with E-state index in [4.69, 9.17) is 0 Å². The highest BCUT2D eigenvalue weighted by Gasteiger charge is 2.47. The number of para-hydroxylation sites is 1. The summed E-state index contributed by atoms with van der Waals surface area (Å²) < 4.78 is 0. The van der Waals surface area contributed by atoms with Crippen LogP contribution >= 0.6 is 0 Å². The normalized spacial score (nSPS) is 27.9. The molecule has 1 saturated heterocycles. The first-order valence-electron chi connectivity index (χ1n) is 7.42. The van der Waals surface area contributed by atoms with Crippen molar-refractivity contribution >= 4 is 17.6 Å². The van der Waals surface area contributed by atoms with Crippen molar-refractivity contribution in [3.05, 3.63) is 29.8 Å². The second-order valence-electron chi connectivity index (χ2n) is 6.03. The van der Waals surface area contributed by atoms with Gasteiger partial charge in [0.15, 0.2) is 0 Å². The SMILES string of the molecule is CC1(C(=O)O)CCCN1C(=O)C1CCNc2ccccc21. The molecule has 0 spiro atoms. The Balaban J connectivity index is 1.92. The first kappa shape index (κ1) is 13.9. The predicted octanol–water partition coefficient (Wildman–Crippen LogP) is 2.05. The third-order valence-electron chi connectivity index (χ3n) is 4.75. The summed E-state index contributed by atoms with van der Waals surface area (Å²) in [4.78, 5) is 26.0. The van der Waals surface area contributed by atoms with Gasteiger partial charge in [0.05, 0.1) is 5.92 Å². The van der Waals surface area contributed by atoms with Crippen LogP contribution in [-0.4, -0.2) is 40.5 Å². The van der Waals surface area contributed by atoms with Crippen molar-refractivity contribution < 1.29 is 14.7 Å². The molecule has 2 atom stereocenters. The number of fused-ring (bicyclic) bond motifs is 1. The molecule has 2 unspecified atom stereocenters. The van der Waals surface area contributed by atoms with Crippen LogP contribution in [0.4, 0.5) is 5.69 Å². The van der Waals surface area contributed by atoms with Gasteiger partial charge < -0.3 is 15.3 Å². The van der Waals surface area contributed by atoms with Crippen molar-refractivity contribution in [2.24, 2.45) is 0 Å². The van der Waals surface area contributed by atoms with Gasteiger partial charge in [-0.15, -0.1) is 0 Å². The molecule has 112 valence electrons. The molecule has 1 fully saturated rings. The average molecular weight is 288 g/mol. The maximum Gasteiger partial charge on any atom is 0.329 e. The van der Waals surface area contributed by atoms with Crippen LogP contribution in [-0.2, 0) is 9.59 Å². The van der Waals surface area contributed by atoms with Gasteiger partial charge in [-0.25, -0.2) is 4.79 Å². The van der Waals surface area contributed by atoms with Crippen LogP contribution in [0.25, 0.3) is 0 Å². The molecule has 0 bridgehead atoms. The van der Waals surface area contributed by atoms with Gasteiger partial charge in [0, 0.05) is 18.8 Å². The third-order valence-corrected chi connectivity index (χ3v) is 4.75. The molecule has 0 radical (unpaired) electrons. The number of hydrogen-bond acceptors (Lipinski definition) is 3. The van der Waals surface area contributed by atoms with E-state index in [-0.39, 0.29) is 11.8 Å². The molecule has 0 aromatic heterocycles. The molecular weight excluding hydrogens is 268 g/mol. The summed E-state index contributed by atoms with van der Waals surface area (Å²) in [5.41, 5.74) is 0.906. The summed E-state index contributed by atoms with van der Waals surface area (Å²) in [5.74, 6) is -1.19. The lowest BCUT2D eigenvalue weighted by Gasteiger charge is -2.36. The topological polar surface area (TPSA) is 69.6 Å². The fraction of sp³-hybridized carbons (Fsp3) is 0.500. The summed E-state index contributed by atoms with van der Waals surface area (Å²) in [6.45, 7) is 2.94. The van der Waals surface area contributed by atoms with E-state index in [9.17, 15) is 14.7 Å². The number of likely N-dealkylation sites (tertiary alicyclic amines) is 1. The minimum Gasteiger partial charge on any atom is -0.480 e. The van der Waals surface area contributed by atoms with Crippen molar-refractivity contribution in [3.63, 3.8) is 0 Å². The van der Waals surface area contributed by atoms with Gasteiger partial charge in [-0.3, -0.25) is 4.79 Å². The molecule has 2 heterocycles. The Morgan fingerprint density at radius 1 is 1.38 bits per heavy atom. The minimum atomic E-state index is -1.06. The number of rotatable bonds is 2. The Hall–Kier alpha value is -2.04. The highest BCUT2D eigenvalue weighted by molar-refractivity contribution is 5.92. The summed E-state index contributed by atoms with van der Waals surface area (Å²) >= 11 is 0. The number of carbonyl (C=O) groups is 2. The van der Waals surface area contributed by atoms with Crippen LogP contribution in [0.1, 0.15) is 37.7 Å². The molecule has 2 aliphatic rings. The molecule has 2 aliphatic heterocycles. The maximum atomic E-state index is 12.9. The Morgan fingerprint density at radius 3 is 2.90 bits per heavy atom. The number of hydrogen-bond donors (Lipinski definition) is 2. The van der Waals surface area contributed by atoms with Crippen molar-refractivity contribution in [1.29, 1.82) is 0 Å². The Bertz CT molecular complexity index is 587. The summed E-state index contributed by atoms with van der Waals surface area (Å²) in [6.07, 6.45) is 1.99. The van der Waals surface area contributed by atoms with Crippen molar-refractivity contribution in [2.45, 2.75) is 37.6 Å². The van der Waals surface area contributed by atoms with E-state index in [0.29, 0.717) is 19.4 Å². The lowest BCUT2D eigenvalue weighted by atomic mass is 9.88. The van der Waals surface area contributed by atoms with Crippen LogP contribution in [0.5, 0.6) is 0 Å². The number of aliphatic carboxylic acids is 1. The number of carbonyl (C=O) groups excluding carboxylic acids is 1. The smallest absolute Gasteiger partial charge is 0.329 e. The number of carboxylic acid groups (broad SMARTS) is 1. The van der Waals surface area contributed by atoms with Gasteiger partial charge in [0.2, 0.25) is 5.91 Å². The second kappa shape index (κ2) is 5.06. The van der Waals surface area contributed by atoms with Gasteiger partial charge in [0.1, 0.15) is 5.54 Å². The maximum absolute atomic E-state index is 12.9. The highest BCUT2D eigenvalue weighted by atomic mass is 16.4. The van der Waals surface area contributed by atoms with Gasteiger partial charge in [-0.2, -0.15) is 0 Å². The predicted molar refractivity (Wildman–Crippen MR) is 79.3 cm³/mol. The summed E-state index contributed by atoms with van der Waals surface area (Å²) in [5, 5.41) is 12.8. The zero-order valence-electron chi connectivity index (χ0n) is 12.1. The molecule has 21 heavy (non-hydrogen) atoms. The lowest BCUT2D eigenvalue weighted by molar-refractivity contribution is -0.156. The zero-order chi connectivity index (χ0) is 15.0. The lowest BCUT2D eigenvalue weighted by Crippen LogP contribution is -2.52. The van der Waals surface area contributed by atoms with E-state index in [0.717, 1.165) is 24.2 Å². The van der Waals surface area contributed by atoms with Gasteiger partial charge in [-0.05, 0) is 37.8 Å². The molecule has 0 saturated carbocycles. The van der Waals surface area contributed by atoms with Crippen LogP contribution < -0.4 is 5.32 Å². The van der Waals surface area contributed by atoms with Crippen molar-refractivity contribution in [1.82, 2.24) is 4.90 Å². The quantitative estimate of drug-likeness (QED) is 0.874. The molecule has 1 aromatic carbocycles. The van der Waals surface area contributed by atoms with E-state index in [1.165, 1.54) is 0 Å². The molecule has 3 rings (SSSR count). The fourth-order valence-electron chi connectivity index (χ4n) is 3.45. The van der Waals surface area contributed by atoms with E-state index < -0.39 is 11.5 Å². The highest BCUT2D eigenvalue weighted by Crippen LogP contribution is 2.37. The number of benzene rings is 1. The average Bonchev–Trinajstić information content (AvgIpc) is 2.89. The van der Waals surface area contributed by atoms with Crippen LogP contribution in [0, 0.1) is 0 Å². The second-order valence-corrected chi connectivity index (χ2v) is 6.03. The Labute approximate surface area is 123 Å². The molecule has 1 amide bonds. The van der Waals surface area contributed by atoms with Crippen LogP contribution in [0.3, 0.4) is 0 Å². The molecule has 2 N–H and O–H groups in total.